The zero-order chi connectivity index (χ0) is 14.3. The Morgan fingerprint density at radius 1 is 1.35 bits per heavy atom. The van der Waals surface area contributed by atoms with E-state index < -0.39 is 0 Å². The molecule has 0 aliphatic carbocycles. The fourth-order valence-corrected chi connectivity index (χ4v) is 2.86. The van der Waals surface area contributed by atoms with Gasteiger partial charge in [0.2, 0.25) is 0 Å². The molecule has 102 valence electrons. The molecule has 4 nitrogen and oxygen atoms in total. The molecule has 0 saturated carbocycles. The average molecular weight is 353 g/mol. The van der Waals surface area contributed by atoms with Crippen LogP contribution in [0, 0.1) is 0 Å². The van der Waals surface area contributed by atoms with Crippen molar-refractivity contribution in [2.24, 2.45) is 0 Å². The van der Waals surface area contributed by atoms with Crippen LogP contribution >= 0.6 is 27.5 Å². The maximum atomic E-state index is 6.27. The van der Waals surface area contributed by atoms with Gasteiger partial charge in [-0.15, -0.1) is 0 Å². The monoisotopic (exact) mass is 351 g/mol. The lowest BCUT2D eigenvalue weighted by molar-refractivity contribution is 0.417. The molecule has 1 aromatic carbocycles. The average Bonchev–Trinajstić information content (AvgIpc) is 2.76. The first-order valence-electron chi connectivity index (χ1n) is 5.88. The Kier molecular flexibility index (Phi) is 3.31. The Labute approximate surface area is 129 Å². The van der Waals surface area contributed by atoms with Gasteiger partial charge in [0, 0.05) is 16.2 Å². The van der Waals surface area contributed by atoms with E-state index in [1.165, 1.54) is 0 Å². The number of hydrogen-bond donors (Lipinski definition) is 1. The SMILES string of the molecule is COc1cccn2c(N)c(-c3ccc(Br)cc3Cl)nc12. The van der Waals surface area contributed by atoms with Crippen LogP contribution in [-0.2, 0) is 0 Å². The van der Waals surface area contributed by atoms with Gasteiger partial charge in [-0.3, -0.25) is 4.40 Å². The zero-order valence-electron chi connectivity index (χ0n) is 10.6. The lowest BCUT2D eigenvalue weighted by atomic mass is 10.1. The molecule has 0 aliphatic rings. The number of nitrogen functional groups attached to an aromatic ring is 1. The molecule has 2 aromatic heterocycles. The molecular weight excluding hydrogens is 342 g/mol. The van der Waals surface area contributed by atoms with E-state index in [1.807, 2.05) is 36.5 Å². The largest absolute Gasteiger partial charge is 0.493 e. The van der Waals surface area contributed by atoms with Crippen LogP contribution in [0.4, 0.5) is 5.82 Å². The quantitative estimate of drug-likeness (QED) is 0.758. The number of benzene rings is 1. The third-order valence-electron chi connectivity index (χ3n) is 3.06. The van der Waals surface area contributed by atoms with Crippen molar-refractivity contribution in [2.75, 3.05) is 12.8 Å². The van der Waals surface area contributed by atoms with Crippen molar-refractivity contribution >= 4 is 39.0 Å². The molecule has 0 fully saturated rings. The maximum absolute atomic E-state index is 6.27. The van der Waals surface area contributed by atoms with Crippen LogP contribution in [0.15, 0.2) is 41.0 Å². The highest BCUT2D eigenvalue weighted by Crippen LogP contribution is 2.35. The number of nitrogens with zero attached hydrogens (tertiary/aromatic N) is 2. The number of rotatable bonds is 2. The minimum Gasteiger partial charge on any atom is -0.493 e. The fraction of sp³-hybridized carbons (Fsp3) is 0.0714. The molecule has 0 spiro atoms. The summed E-state index contributed by atoms with van der Waals surface area (Å²) in [4.78, 5) is 4.56. The molecule has 0 saturated heterocycles. The summed E-state index contributed by atoms with van der Waals surface area (Å²) in [5, 5.41) is 0.591. The van der Waals surface area contributed by atoms with Crippen LogP contribution in [0.25, 0.3) is 16.9 Å². The van der Waals surface area contributed by atoms with Crippen molar-refractivity contribution < 1.29 is 4.74 Å². The second-order valence-corrected chi connectivity index (χ2v) is 5.56. The van der Waals surface area contributed by atoms with Gasteiger partial charge in [-0.25, -0.2) is 4.98 Å². The maximum Gasteiger partial charge on any atom is 0.181 e. The van der Waals surface area contributed by atoms with Crippen LogP contribution in [0.3, 0.4) is 0 Å². The van der Waals surface area contributed by atoms with E-state index in [1.54, 1.807) is 11.5 Å². The van der Waals surface area contributed by atoms with Gasteiger partial charge < -0.3 is 10.5 Å². The van der Waals surface area contributed by atoms with Crippen LogP contribution in [0.5, 0.6) is 5.75 Å². The topological polar surface area (TPSA) is 52.5 Å². The number of ether oxygens (including phenoxy) is 1. The van der Waals surface area contributed by atoms with Gasteiger partial charge in [-0.2, -0.15) is 0 Å². The van der Waals surface area contributed by atoms with Gasteiger partial charge in [-0.05, 0) is 24.3 Å². The van der Waals surface area contributed by atoms with E-state index in [0.29, 0.717) is 27.9 Å². The molecule has 3 rings (SSSR count). The number of nitrogens with two attached hydrogens (primary N) is 1. The minimum absolute atomic E-state index is 0.531. The number of aromatic nitrogens is 2. The molecule has 0 aliphatic heterocycles. The molecule has 0 amide bonds. The van der Waals surface area contributed by atoms with Gasteiger partial charge in [0.1, 0.15) is 11.5 Å². The second-order valence-electron chi connectivity index (χ2n) is 4.24. The summed E-state index contributed by atoms with van der Waals surface area (Å²) in [6.07, 6.45) is 1.84. The summed E-state index contributed by atoms with van der Waals surface area (Å²) < 4.78 is 7.99. The molecule has 6 heteroatoms. The molecule has 20 heavy (non-hydrogen) atoms. The van der Waals surface area contributed by atoms with E-state index in [4.69, 9.17) is 22.1 Å². The van der Waals surface area contributed by atoms with Gasteiger partial charge in [-0.1, -0.05) is 33.6 Å². The summed E-state index contributed by atoms with van der Waals surface area (Å²) >= 11 is 9.65. The standard InChI is InChI=1S/C14H11BrClN3O/c1-20-11-3-2-6-19-13(17)12(18-14(11)19)9-5-4-8(15)7-10(9)16/h2-7H,17H2,1H3. The number of methoxy groups -OCH3 is 1. The minimum atomic E-state index is 0.531. The van der Waals surface area contributed by atoms with Gasteiger partial charge in [0.05, 0.1) is 12.1 Å². The van der Waals surface area contributed by atoms with Gasteiger partial charge >= 0.3 is 0 Å². The number of hydrogen-bond acceptors (Lipinski definition) is 3. The van der Waals surface area contributed by atoms with E-state index in [0.717, 1.165) is 10.0 Å². The predicted octanol–water partition coefficient (Wildman–Crippen LogP) is 4.01. The first kappa shape index (κ1) is 13.3. The number of pyridine rings is 1. The fourth-order valence-electron chi connectivity index (χ4n) is 2.10. The first-order valence-corrected chi connectivity index (χ1v) is 7.05. The summed E-state index contributed by atoms with van der Waals surface area (Å²) in [5.74, 6) is 1.20. The van der Waals surface area contributed by atoms with Crippen molar-refractivity contribution in [3.8, 4) is 17.0 Å². The highest BCUT2D eigenvalue weighted by atomic mass is 79.9. The molecule has 0 unspecified atom stereocenters. The van der Waals surface area contributed by atoms with Gasteiger partial charge in [0.25, 0.3) is 0 Å². The van der Waals surface area contributed by atoms with Crippen LogP contribution < -0.4 is 10.5 Å². The summed E-state index contributed by atoms with van der Waals surface area (Å²) in [5.41, 5.74) is 8.28. The molecule has 2 N–H and O–H groups in total. The summed E-state index contributed by atoms with van der Waals surface area (Å²) in [6.45, 7) is 0. The zero-order valence-corrected chi connectivity index (χ0v) is 12.9. The molecular formula is C14H11BrClN3O. The Morgan fingerprint density at radius 3 is 2.85 bits per heavy atom. The molecule has 2 heterocycles. The van der Waals surface area contributed by atoms with E-state index in [2.05, 4.69) is 20.9 Å². The number of fused-ring (bicyclic) bond motifs is 1. The Bertz CT molecular complexity index is 800. The molecule has 0 bridgehead atoms. The van der Waals surface area contributed by atoms with Crippen molar-refractivity contribution in [1.82, 2.24) is 9.38 Å². The third kappa shape index (κ3) is 2.03. The molecule has 3 aromatic rings. The molecule has 0 radical (unpaired) electrons. The summed E-state index contributed by atoms with van der Waals surface area (Å²) in [7, 11) is 1.60. The number of anilines is 1. The van der Waals surface area contributed by atoms with Crippen molar-refractivity contribution in [3.63, 3.8) is 0 Å². The Balaban J connectivity index is 2.29. The lowest BCUT2D eigenvalue weighted by Crippen LogP contribution is -1.95. The highest BCUT2D eigenvalue weighted by Gasteiger charge is 2.16. The predicted molar refractivity (Wildman–Crippen MR) is 84.3 cm³/mol. The van der Waals surface area contributed by atoms with Crippen LogP contribution in [0.1, 0.15) is 0 Å². The Hall–Kier alpha value is -1.72. The summed E-state index contributed by atoms with van der Waals surface area (Å²) in [6, 6.07) is 9.31. The van der Waals surface area contributed by atoms with E-state index in [9.17, 15) is 0 Å². The van der Waals surface area contributed by atoms with Crippen LogP contribution in [-0.4, -0.2) is 16.5 Å². The molecule has 0 atom stereocenters. The van der Waals surface area contributed by atoms with Gasteiger partial charge in [0.15, 0.2) is 11.4 Å². The van der Waals surface area contributed by atoms with Crippen LogP contribution in [0.2, 0.25) is 5.02 Å². The van der Waals surface area contributed by atoms with Crippen molar-refractivity contribution in [3.05, 3.63) is 46.0 Å². The Morgan fingerprint density at radius 2 is 2.15 bits per heavy atom. The van der Waals surface area contributed by atoms with Crippen molar-refractivity contribution in [2.45, 2.75) is 0 Å². The second kappa shape index (κ2) is 5.00. The first-order chi connectivity index (χ1) is 9.61. The number of imidazole rings is 1. The highest BCUT2D eigenvalue weighted by molar-refractivity contribution is 9.10. The van der Waals surface area contributed by atoms with Crippen molar-refractivity contribution in [1.29, 1.82) is 0 Å². The third-order valence-corrected chi connectivity index (χ3v) is 3.86. The van der Waals surface area contributed by atoms with E-state index in [-0.39, 0.29) is 0 Å². The normalized spacial score (nSPS) is 10.9. The lowest BCUT2D eigenvalue weighted by Gasteiger charge is -2.03. The number of halogens is 2. The van der Waals surface area contributed by atoms with E-state index >= 15 is 0 Å². The smallest absolute Gasteiger partial charge is 0.181 e.